The summed E-state index contributed by atoms with van der Waals surface area (Å²) in [7, 11) is 0. The number of piperidine rings is 1. The fourth-order valence-electron chi connectivity index (χ4n) is 1.41. The molecule has 74 valence electrons. The molecule has 0 aromatic rings. The van der Waals surface area contributed by atoms with Gasteiger partial charge in [0.2, 0.25) is 5.91 Å². The number of rotatable bonds is 2. The summed E-state index contributed by atoms with van der Waals surface area (Å²) in [4.78, 5) is 21.5. The number of amides is 1. The molecule has 2 atom stereocenters. The van der Waals surface area contributed by atoms with Crippen molar-refractivity contribution in [2.45, 2.75) is 31.1 Å². The van der Waals surface area contributed by atoms with Crippen LogP contribution < -0.4 is 11.1 Å². The molecule has 0 aromatic heterocycles. The third kappa shape index (κ3) is 3.36. The van der Waals surface area contributed by atoms with E-state index in [4.69, 9.17) is 5.73 Å². The van der Waals surface area contributed by atoms with E-state index in [1.807, 2.05) is 0 Å². The van der Waals surface area contributed by atoms with E-state index >= 15 is 0 Å². The lowest BCUT2D eigenvalue weighted by atomic mass is 10.0. The highest BCUT2D eigenvalue weighted by atomic mass is 32.2. The summed E-state index contributed by atoms with van der Waals surface area (Å²) in [5.74, 6) is -0.300. The van der Waals surface area contributed by atoms with Crippen molar-refractivity contribution in [3.63, 3.8) is 0 Å². The highest BCUT2D eigenvalue weighted by Crippen LogP contribution is 2.20. The van der Waals surface area contributed by atoms with Crippen LogP contribution in [-0.2, 0) is 9.59 Å². The number of hydrogen-bond acceptors (Lipinski definition) is 4. The number of carbonyl (C=O) groups is 2. The maximum absolute atomic E-state index is 10.8. The summed E-state index contributed by atoms with van der Waals surface area (Å²) in [6, 6.07) is -0.205. The van der Waals surface area contributed by atoms with Crippen molar-refractivity contribution in [2.75, 3.05) is 6.54 Å². The van der Waals surface area contributed by atoms with Gasteiger partial charge in [0.05, 0.1) is 6.04 Å². The van der Waals surface area contributed by atoms with E-state index in [1.165, 1.54) is 11.8 Å². The molecule has 0 aromatic carbocycles. The standard InChI is InChI=1S/C8H14N2O2S/c1-5(11)13-6-2-3-7(8(9)12)10-4-6/h6-7,10H,2-4H2,1H3,(H2,9,12). The predicted octanol–water partition coefficient (Wildman–Crippen LogP) is -0.128. The van der Waals surface area contributed by atoms with Crippen LogP contribution in [0.15, 0.2) is 0 Å². The van der Waals surface area contributed by atoms with E-state index in [2.05, 4.69) is 5.32 Å². The summed E-state index contributed by atoms with van der Waals surface area (Å²) < 4.78 is 0. The van der Waals surface area contributed by atoms with E-state index in [0.717, 1.165) is 12.8 Å². The average molecular weight is 202 g/mol. The quantitative estimate of drug-likeness (QED) is 0.654. The lowest BCUT2D eigenvalue weighted by Gasteiger charge is -2.26. The van der Waals surface area contributed by atoms with Gasteiger partial charge in [-0.05, 0) is 12.8 Å². The number of thioether (sulfide) groups is 1. The summed E-state index contributed by atoms with van der Waals surface area (Å²) >= 11 is 1.34. The van der Waals surface area contributed by atoms with Gasteiger partial charge in [-0.2, -0.15) is 0 Å². The highest BCUT2D eigenvalue weighted by Gasteiger charge is 2.24. The van der Waals surface area contributed by atoms with Crippen LogP contribution in [0.1, 0.15) is 19.8 Å². The zero-order valence-corrected chi connectivity index (χ0v) is 8.39. The first-order chi connectivity index (χ1) is 6.09. The van der Waals surface area contributed by atoms with Crippen LogP contribution in [0, 0.1) is 0 Å². The van der Waals surface area contributed by atoms with Gasteiger partial charge in [-0.25, -0.2) is 0 Å². The number of nitrogens with two attached hydrogens (primary N) is 1. The zero-order valence-electron chi connectivity index (χ0n) is 7.58. The number of hydrogen-bond donors (Lipinski definition) is 2. The van der Waals surface area contributed by atoms with Crippen LogP contribution in [0.2, 0.25) is 0 Å². The van der Waals surface area contributed by atoms with Gasteiger partial charge >= 0.3 is 0 Å². The van der Waals surface area contributed by atoms with Gasteiger partial charge in [0.15, 0.2) is 5.12 Å². The maximum Gasteiger partial charge on any atom is 0.234 e. The molecule has 0 spiro atoms. The van der Waals surface area contributed by atoms with Gasteiger partial charge in [0.1, 0.15) is 0 Å². The first-order valence-corrected chi connectivity index (χ1v) is 5.17. The normalized spacial score (nSPS) is 28.4. The molecular weight excluding hydrogens is 188 g/mol. The van der Waals surface area contributed by atoms with Crippen molar-refractivity contribution < 1.29 is 9.59 Å². The summed E-state index contributed by atoms with van der Waals surface area (Å²) in [5, 5.41) is 3.45. The lowest BCUT2D eigenvalue weighted by molar-refractivity contribution is -0.120. The Balaban J connectivity index is 2.30. The Kier molecular flexibility index (Phi) is 3.74. The van der Waals surface area contributed by atoms with E-state index in [0.29, 0.717) is 11.8 Å². The molecule has 2 unspecified atom stereocenters. The van der Waals surface area contributed by atoms with Crippen LogP contribution in [0.3, 0.4) is 0 Å². The topological polar surface area (TPSA) is 72.2 Å². The lowest BCUT2D eigenvalue weighted by Crippen LogP contribution is -2.48. The molecule has 3 N–H and O–H groups in total. The van der Waals surface area contributed by atoms with E-state index < -0.39 is 0 Å². The number of nitrogens with one attached hydrogen (secondary N) is 1. The van der Waals surface area contributed by atoms with Crippen LogP contribution >= 0.6 is 11.8 Å². The minimum absolute atomic E-state index is 0.129. The molecule has 13 heavy (non-hydrogen) atoms. The Bertz CT molecular complexity index is 212. The molecule has 0 aliphatic carbocycles. The van der Waals surface area contributed by atoms with E-state index in [1.54, 1.807) is 6.92 Å². The molecule has 1 saturated heterocycles. The molecule has 1 amide bonds. The van der Waals surface area contributed by atoms with E-state index in [-0.39, 0.29) is 17.1 Å². The molecule has 1 fully saturated rings. The first-order valence-electron chi connectivity index (χ1n) is 4.29. The van der Waals surface area contributed by atoms with Crippen LogP contribution in [0.5, 0.6) is 0 Å². The summed E-state index contributed by atoms with van der Waals surface area (Å²) in [6.45, 7) is 2.25. The molecular formula is C8H14N2O2S. The van der Waals surface area contributed by atoms with Gasteiger partial charge < -0.3 is 11.1 Å². The second-order valence-corrected chi connectivity index (χ2v) is 4.65. The molecule has 4 nitrogen and oxygen atoms in total. The highest BCUT2D eigenvalue weighted by molar-refractivity contribution is 8.14. The summed E-state index contributed by atoms with van der Waals surface area (Å²) in [6.07, 6.45) is 1.62. The van der Waals surface area contributed by atoms with Crippen molar-refractivity contribution in [1.29, 1.82) is 0 Å². The fraction of sp³-hybridized carbons (Fsp3) is 0.750. The molecule has 1 heterocycles. The molecule has 0 saturated carbocycles. The fourth-order valence-corrected chi connectivity index (χ4v) is 2.31. The SMILES string of the molecule is CC(=O)SC1CCC(C(N)=O)NC1. The Labute approximate surface area is 81.6 Å². The van der Waals surface area contributed by atoms with Crippen molar-refractivity contribution in [3.05, 3.63) is 0 Å². The Morgan fingerprint density at radius 1 is 1.46 bits per heavy atom. The second kappa shape index (κ2) is 4.62. The Morgan fingerprint density at radius 3 is 2.54 bits per heavy atom. The van der Waals surface area contributed by atoms with Crippen molar-refractivity contribution in [2.24, 2.45) is 5.73 Å². The minimum atomic E-state index is -0.300. The second-order valence-electron chi connectivity index (χ2n) is 3.17. The summed E-state index contributed by atoms with van der Waals surface area (Å²) in [5.41, 5.74) is 5.14. The van der Waals surface area contributed by atoms with Crippen LogP contribution in [-0.4, -0.2) is 28.9 Å². The minimum Gasteiger partial charge on any atom is -0.368 e. The Morgan fingerprint density at radius 2 is 2.15 bits per heavy atom. The number of carbonyl (C=O) groups excluding carboxylic acids is 2. The molecule has 5 heteroatoms. The molecule has 0 radical (unpaired) electrons. The largest absolute Gasteiger partial charge is 0.368 e. The molecule has 0 bridgehead atoms. The monoisotopic (exact) mass is 202 g/mol. The van der Waals surface area contributed by atoms with Crippen molar-refractivity contribution in [3.8, 4) is 0 Å². The Hall–Kier alpha value is -0.550. The average Bonchev–Trinajstić information content (AvgIpc) is 2.04. The van der Waals surface area contributed by atoms with Crippen LogP contribution in [0.4, 0.5) is 0 Å². The molecule has 1 rings (SSSR count). The van der Waals surface area contributed by atoms with Crippen molar-refractivity contribution in [1.82, 2.24) is 5.32 Å². The third-order valence-electron chi connectivity index (χ3n) is 2.05. The predicted molar refractivity (Wildman–Crippen MR) is 52.3 cm³/mol. The third-order valence-corrected chi connectivity index (χ3v) is 3.11. The smallest absolute Gasteiger partial charge is 0.234 e. The van der Waals surface area contributed by atoms with Gasteiger partial charge in [0.25, 0.3) is 0 Å². The molecule has 1 aliphatic rings. The van der Waals surface area contributed by atoms with E-state index in [9.17, 15) is 9.59 Å². The van der Waals surface area contributed by atoms with Gasteiger partial charge in [-0.3, -0.25) is 9.59 Å². The number of primary amides is 1. The van der Waals surface area contributed by atoms with Crippen LogP contribution in [0.25, 0.3) is 0 Å². The van der Waals surface area contributed by atoms with Gasteiger partial charge in [-0.15, -0.1) is 0 Å². The van der Waals surface area contributed by atoms with Gasteiger partial charge in [0, 0.05) is 18.7 Å². The maximum atomic E-state index is 10.8. The van der Waals surface area contributed by atoms with Gasteiger partial charge in [-0.1, -0.05) is 11.8 Å². The first kappa shape index (κ1) is 10.5. The van der Waals surface area contributed by atoms with Crippen molar-refractivity contribution >= 4 is 22.8 Å². The molecule has 1 aliphatic heterocycles. The zero-order chi connectivity index (χ0) is 9.84.